The van der Waals surface area contributed by atoms with Crippen LogP contribution in [-0.4, -0.2) is 31.4 Å². The van der Waals surface area contributed by atoms with Gasteiger partial charge in [-0.15, -0.1) is 0 Å². The fraction of sp³-hybridized carbons (Fsp3) is 0.467. The number of carbonyl (C=O) groups excluding carboxylic acids is 2. The summed E-state index contributed by atoms with van der Waals surface area (Å²) in [5, 5.41) is 5.25. The van der Waals surface area contributed by atoms with Gasteiger partial charge in [-0.1, -0.05) is 12.1 Å². The lowest BCUT2D eigenvalue weighted by Crippen LogP contribution is -2.32. The quantitative estimate of drug-likeness (QED) is 0.815. The summed E-state index contributed by atoms with van der Waals surface area (Å²) < 4.78 is 9.91. The first-order chi connectivity index (χ1) is 9.81. The van der Waals surface area contributed by atoms with Gasteiger partial charge in [0.05, 0.1) is 0 Å². The fourth-order valence-corrected chi connectivity index (χ4v) is 1.50. The Morgan fingerprint density at radius 3 is 2.24 bits per heavy atom. The number of ether oxygens (including phenoxy) is 2. The molecule has 0 aromatic heterocycles. The lowest BCUT2D eigenvalue weighted by molar-refractivity contribution is 0.0523. The van der Waals surface area contributed by atoms with Crippen LogP contribution in [0.1, 0.15) is 36.7 Å². The highest BCUT2D eigenvalue weighted by atomic mass is 16.6. The average molecular weight is 294 g/mol. The van der Waals surface area contributed by atoms with Gasteiger partial charge in [-0.2, -0.15) is 0 Å². The van der Waals surface area contributed by atoms with Crippen LogP contribution in [0.15, 0.2) is 24.3 Å². The maximum Gasteiger partial charge on any atom is 0.407 e. The molecule has 0 spiro atoms. The second-order valence-electron chi connectivity index (χ2n) is 5.49. The third kappa shape index (κ3) is 6.76. The van der Waals surface area contributed by atoms with Crippen molar-refractivity contribution in [1.82, 2.24) is 10.6 Å². The molecule has 0 aliphatic rings. The highest BCUT2D eigenvalue weighted by Gasteiger charge is 2.15. The van der Waals surface area contributed by atoms with Gasteiger partial charge in [0, 0.05) is 19.2 Å². The van der Waals surface area contributed by atoms with Crippen LogP contribution >= 0.6 is 0 Å². The number of rotatable bonds is 5. The van der Waals surface area contributed by atoms with Gasteiger partial charge >= 0.3 is 6.09 Å². The molecule has 0 heterocycles. The number of nitrogens with one attached hydrogen (secondary N) is 2. The van der Waals surface area contributed by atoms with Crippen LogP contribution in [0.25, 0.3) is 0 Å². The smallest absolute Gasteiger partial charge is 0.407 e. The number of hydrogen-bond donors (Lipinski definition) is 2. The van der Waals surface area contributed by atoms with E-state index in [4.69, 9.17) is 9.47 Å². The fourth-order valence-electron chi connectivity index (χ4n) is 1.50. The van der Waals surface area contributed by atoms with Gasteiger partial charge in [-0.05, 0) is 38.5 Å². The zero-order valence-electron chi connectivity index (χ0n) is 12.9. The van der Waals surface area contributed by atoms with Crippen molar-refractivity contribution in [3.8, 4) is 0 Å². The van der Waals surface area contributed by atoms with Crippen LogP contribution in [0.2, 0.25) is 0 Å². The van der Waals surface area contributed by atoms with E-state index in [0.717, 1.165) is 5.56 Å². The number of alkyl carbamates (subject to hydrolysis) is 1. The van der Waals surface area contributed by atoms with E-state index in [0.29, 0.717) is 12.1 Å². The van der Waals surface area contributed by atoms with E-state index < -0.39 is 11.7 Å². The number of carbonyl (C=O) groups is 2. The Hall–Kier alpha value is -2.08. The summed E-state index contributed by atoms with van der Waals surface area (Å²) >= 11 is 0. The molecule has 0 radical (unpaired) electrons. The monoisotopic (exact) mass is 294 g/mol. The van der Waals surface area contributed by atoms with E-state index in [2.05, 4.69) is 10.6 Å². The van der Waals surface area contributed by atoms with Gasteiger partial charge in [0.2, 0.25) is 0 Å². The molecule has 0 aliphatic heterocycles. The minimum atomic E-state index is -0.520. The zero-order valence-corrected chi connectivity index (χ0v) is 12.9. The summed E-state index contributed by atoms with van der Waals surface area (Å²) in [6.07, 6.45) is -0.468. The van der Waals surface area contributed by atoms with Gasteiger partial charge in [-0.25, -0.2) is 4.79 Å². The number of hydrogen-bond acceptors (Lipinski definition) is 4. The molecule has 0 atom stereocenters. The lowest BCUT2D eigenvalue weighted by atomic mass is 10.1. The molecule has 0 fully saturated rings. The Balaban J connectivity index is 2.48. The zero-order chi connectivity index (χ0) is 15.9. The molecule has 21 heavy (non-hydrogen) atoms. The second-order valence-corrected chi connectivity index (χ2v) is 5.49. The number of benzene rings is 1. The first kappa shape index (κ1) is 17.0. The maximum absolute atomic E-state index is 11.7. The highest BCUT2D eigenvalue weighted by molar-refractivity contribution is 5.94. The summed E-state index contributed by atoms with van der Waals surface area (Å²) in [6.45, 7) is 5.93. The van der Waals surface area contributed by atoms with Gasteiger partial charge in [0.25, 0.3) is 5.91 Å². The molecular weight excluding hydrogens is 272 g/mol. The molecule has 0 saturated carbocycles. The Kier molecular flexibility index (Phi) is 6.17. The highest BCUT2D eigenvalue weighted by Crippen LogP contribution is 2.08. The molecule has 1 aromatic carbocycles. The van der Waals surface area contributed by atoms with Crippen molar-refractivity contribution in [2.24, 2.45) is 0 Å². The van der Waals surface area contributed by atoms with E-state index in [-0.39, 0.29) is 12.6 Å². The molecule has 116 valence electrons. The van der Waals surface area contributed by atoms with E-state index in [1.807, 2.05) is 0 Å². The molecule has 6 heteroatoms. The first-order valence-corrected chi connectivity index (χ1v) is 6.65. The van der Waals surface area contributed by atoms with Gasteiger partial charge in [0.1, 0.15) is 12.3 Å². The largest absolute Gasteiger partial charge is 0.444 e. The molecule has 0 bridgehead atoms. The molecule has 0 saturated heterocycles. The van der Waals surface area contributed by atoms with Crippen LogP contribution in [0, 0.1) is 0 Å². The van der Waals surface area contributed by atoms with Crippen molar-refractivity contribution in [3.63, 3.8) is 0 Å². The SMILES string of the molecule is COCNC(=O)c1ccc(CNC(=O)OC(C)(C)C)cc1. The first-order valence-electron chi connectivity index (χ1n) is 6.65. The maximum atomic E-state index is 11.7. The molecular formula is C15H22N2O4. The van der Waals surface area contributed by atoms with E-state index in [9.17, 15) is 9.59 Å². The summed E-state index contributed by atoms with van der Waals surface area (Å²) in [7, 11) is 1.51. The minimum absolute atomic E-state index is 0.167. The summed E-state index contributed by atoms with van der Waals surface area (Å²) in [6, 6.07) is 6.94. The Morgan fingerprint density at radius 1 is 1.10 bits per heavy atom. The number of amides is 2. The van der Waals surface area contributed by atoms with Crippen molar-refractivity contribution in [1.29, 1.82) is 0 Å². The molecule has 0 aliphatic carbocycles. The summed E-state index contributed by atoms with van der Waals surface area (Å²) in [4.78, 5) is 23.2. The molecule has 2 amide bonds. The van der Waals surface area contributed by atoms with E-state index in [1.54, 1.807) is 45.0 Å². The van der Waals surface area contributed by atoms with Crippen molar-refractivity contribution < 1.29 is 19.1 Å². The van der Waals surface area contributed by atoms with Gasteiger partial charge in [-0.3, -0.25) is 4.79 Å². The topological polar surface area (TPSA) is 76.7 Å². The molecule has 6 nitrogen and oxygen atoms in total. The Bertz CT molecular complexity index is 477. The van der Waals surface area contributed by atoms with Crippen LogP contribution in [0.4, 0.5) is 4.79 Å². The van der Waals surface area contributed by atoms with Crippen molar-refractivity contribution in [3.05, 3.63) is 35.4 Å². The summed E-state index contributed by atoms with van der Waals surface area (Å²) in [5.41, 5.74) is 0.894. The number of methoxy groups -OCH3 is 1. The average Bonchev–Trinajstić information content (AvgIpc) is 2.41. The minimum Gasteiger partial charge on any atom is -0.444 e. The molecule has 2 N–H and O–H groups in total. The standard InChI is InChI=1S/C15H22N2O4/c1-15(2,3)21-14(19)16-9-11-5-7-12(8-6-11)13(18)17-10-20-4/h5-8H,9-10H2,1-4H3,(H,16,19)(H,17,18). The van der Waals surface area contributed by atoms with Gasteiger partial charge < -0.3 is 20.1 Å². The van der Waals surface area contributed by atoms with E-state index in [1.165, 1.54) is 7.11 Å². The predicted octanol–water partition coefficient (Wildman–Crippen LogP) is 2.04. The normalized spacial score (nSPS) is 10.9. The van der Waals surface area contributed by atoms with Crippen LogP contribution < -0.4 is 10.6 Å². The third-order valence-corrected chi connectivity index (χ3v) is 2.43. The Morgan fingerprint density at radius 2 is 1.71 bits per heavy atom. The van der Waals surface area contributed by atoms with Crippen LogP contribution in [0.3, 0.4) is 0 Å². The molecule has 1 aromatic rings. The van der Waals surface area contributed by atoms with Gasteiger partial charge in [0.15, 0.2) is 0 Å². The van der Waals surface area contributed by atoms with E-state index >= 15 is 0 Å². The van der Waals surface area contributed by atoms with Crippen LogP contribution in [-0.2, 0) is 16.0 Å². The van der Waals surface area contributed by atoms with Crippen molar-refractivity contribution in [2.75, 3.05) is 13.8 Å². The second kappa shape index (κ2) is 7.64. The molecule has 1 rings (SSSR count). The predicted molar refractivity (Wildman–Crippen MR) is 78.9 cm³/mol. The lowest BCUT2D eigenvalue weighted by Gasteiger charge is -2.19. The van der Waals surface area contributed by atoms with Crippen molar-refractivity contribution in [2.45, 2.75) is 32.9 Å². The summed E-state index contributed by atoms with van der Waals surface area (Å²) in [5.74, 6) is -0.205. The van der Waals surface area contributed by atoms with Crippen LogP contribution in [0.5, 0.6) is 0 Å². The third-order valence-electron chi connectivity index (χ3n) is 2.43. The Labute approximate surface area is 124 Å². The van der Waals surface area contributed by atoms with Crippen molar-refractivity contribution >= 4 is 12.0 Å². The molecule has 0 unspecified atom stereocenters.